The van der Waals surface area contributed by atoms with Gasteiger partial charge in [0.05, 0.1) is 14.2 Å². The van der Waals surface area contributed by atoms with Gasteiger partial charge in [0.2, 0.25) is 0 Å². The third-order valence-electron chi connectivity index (χ3n) is 3.16. The second kappa shape index (κ2) is 8.85. The SMILES string of the molecule is CCCCCCC(Br)c1ccc(OC)c(Br)c1OC. The summed E-state index contributed by atoms with van der Waals surface area (Å²) in [6.45, 7) is 2.23. The van der Waals surface area contributed by atoms with Crippen LogP contribution in [0, 0.1) is 0 Å². The average Bonchev–Trinajstić information content (AvgIpc) is 2.43. The topological polar surface area (TPSA) is 18.5 Å². The van der Waals surface area contributed by atoms with Crippen molar-refractivity contribution in [1.29, 1.82) is 0 Å². The van der Waals surface area contributed by atoms with Crippen molar-refractivity contribution < 1.29 is 9.47 Å². The lowest BCUT2D eigenvalue weighted by Crippen LogP contribution is -1.98. The van der Waals surface area contributed by atoms with Gasteiger partial charge in [0.1, 0.15) is 16.0 Å². The van der Waals surface area contributed by atoms with Crippen molar-refractivity contribution in [2.45, 2.75) is 43.9 Å². The van der Waals surface area contributed by atoms with E-state index in [9.17, 15) is 0 Å². The molecule has 0 aliphatic rings. The maximum atomic E-state index is 5.51. The molecule has 0 saturated heterocycles. The van der Waals surface area contributed by atoms with E-state index >= 15 is 0 Å². The van der Waals surface area contributed by atoms with E-state index in [0.29, 0.717) is 4.83 Å². The lowest BCUT2D eigenvalue weighted by Gasteiger charge is -2.17. The summed E-state index contributed by atoms with van der Waals surface area (Å²) < 4.78 is 11.7. The Hall–Kier alpha value is -0.220. The van der Waals surface area contributed by atoms with Crippen LogP contribution in [0.1, 0.15) is 49.4 Å². The molecule has 0 aliphatic carbocycles. The maximum Gasteiger partial charge on any atom is 0.141 e. The third kappa shape index (κ3) is 4.67. The molecule has 1 aromatic rings. The first kappa shape index (κ1) is 16.8. The first-order valence-electron chi connectivity index (χ1n) is 6.70. The van der Waals surface area contributed by atoms with Crippen molar-refractivity contribution in [3.05, 3.63) is 22.2 Å². The molecule has 0 N–H and O–H groups in total. The minimum absolute atomic E-state index is 0.321. The second-order valence-corrected chi connectivity index (χ2v) is 6.42. The molecule has 0 saturated carbocycles. The molecule has 0 aromatic heterocycles. The first-order chi connectivity index (χ1) is 9.15. The predicted molar refractivity (Wildman–Crippen MR) is 87.7 cm³/mol. The van der Waals surface area contributed by atoms with Crippen LogP contribution in [0.3, 0.4) is 0 Å². The summed E-state index contributed by atoms with van der Waals surface area (Å²) in [6, 6.07) is 4.05. The van der Waals surface area contributed by atoms with Crippen molar-refractivity contribution in [1.82, 2.24) is 0 Å². The molecule has 1 aromatic carbocycles. The average molecular weight is 394 g/mol. The molecule has 0 spiro atoms. The zero-order valence-corrected chi connectivity index (χ0v) is 15.0. The summed E-state index contributed by atoms with van der Waals surface area (Å²) in [6.07, 6.45) is 6.22. The minimum atomic E-state index is 0.321. The van der Waals surface area contributed by atoms with E-state index < -0.39 is 0 Å². The van der Waals surface area contributed by atoms with Gasteiger partial charge in [-0.3, -0.25) is 0 Å². The summed E-state index contributed by atoms with van der Waals surface area (Å²) in [5.41, 5.74) is 1.17. The van der Waals surface area contributed by atoms with Gasteiger partial charge in [0.25, 0.3) is 0 Å². The Labute approximate surface area is 133 Å². The molecule has 1 rings (SSSR count). The number of benzene rings is 1. The molecule has 4 heteroatoms. The summed E-state index contributed by atoms with van der Waals surface area (Å²) in [7, 11) is 3.36. The Morgan fingerprint density at radius 2 is 1.84 bits per heavy atom. The number of hydrogen-bond donors (Lipinski definition) is 0. The molecule has 108 valence electrons. The summed E-state index contributed by atoms with van der Waals surface area (Å²) in [4.78, 5) is 0.321. The van der Waals surface area contributed by atoms with Gasteiger partial charge in [0.15, 0.2) is 0 Å². The number of halogens is 2. The molecule has 0 aliphatic heterocycles. The van der Waals surface area contributed by atoms with Gasteiger partial charge in [-0.2, -0.15) is 0 Å². The largest absolute Gasteiger partial charge is 0.495 e. The lowest BCUT2D eigenvalue weighted by atomic mass is 10.0. The van der Waals surface area contributed by atoms with E-state index in [1.807, 2.05) is 6.07 Å². The van der Waals surface area contributed by atoms with Gasteiger partial charge in [-0.05, 0) is 28.4 Å². The highest BCUT2D eigenvalue weighted by molar-refractivity contribution is 9.10. The Kier molecular flexibility index (Phi) is 7.84. The third-order valence-corrected chi connectivity index (χ3v) is 4.87. The van der Waals surface area contributed by atoms with Crippen LogP contribution in [0.5, 0.6) is 11.5 Å². The van der Waals surface area contributed by atoms with Crippen LogP contribution >= 0.6 is 31.9 Å². The summed E-state index contributed by atoms with van der Waals surface area (Å²) in [5, 5.41) is 0. The Morgan fingerprint density at radius 3 is 2.42 bits per heavy atom. The van der Waals surface area contributed by atoms with Crippen LogP contribution in [0.15, 0.2) is 16.6 Å². The molecule has 0 fully saturated rings. The Bertz CT molecular complexity index is 394. The van der Waals surface area contributed by atoms with Crippen molar-refractivity contribution >= 4 is 31.9 Å². The van der Waals surface area contributed by atoms with E-state index in [-0.39, 0.29) is 0 Å². The molecule has 2 nitrogen and oxygen atoms in total. The highest BCUT2D eigenvalue weighted by atomic mass is 79.9. The predicted octanol–water partition coefficient (Wildman–Crippen LogP) is 5.87. The van der Waals surface area contributed by atoms with Crippen molar-refractivity contribution in [2.75, 3.05) is 14.2 Å². The lowest BCUT2D eigenvalue weighted by molar-refractivity contribution is 0.385. The molecule has 0 radical (unpaired) electrons. The van der Waals surface area contributed by atoms with Gasteiger partial charge in [-0.25, -0.2) is 0 Å². The quantitative estimate of drug-likeness (QED) is 0.406. The van der Waals surface area contributed by atoms with E-state index in [2.05, 4.69) is 44.8 Å². The number of alkyl halides is 1. The van der Waals surface area contributed by atoms with Gasteiger partial charge < -0.3 is 9.47 Å². The number of unbranched alkanes of at least 4 members (excludes halogenated alkanes) is 3. The molecule has 0 bridgehead atoms. The molecular weight excluding hydrogens is 372 g/mol. The van der Waals surface area contributed by atoms with Crippen molar-refractivity contribution in [3.8, 4) is 11.5 Å². The first-order valence-corrected chi connectivity index (χ1v) is 8.41. The zero-order chi connectivity index (χ0) is 14.3. The van der Waals surface area contributed by atoms with Crippen LogP contribution in [-0.2, 0) is 0 Å². The van der Waals surface area contributed by atoms with Crippen LogP contribution in [-0.4, -0.2) is 14.2 Å². The summed E-state index contributed by atoms with van der Waals surface area (Å²) >= 11 is 7.31. The van der Waals surface area contributed by atoms with Crippen molar-refractivity contribution in [2.24, 2.45) is 0 Å². The molecule has 0 amide bonds. The minimum Gasteiger partial charge on any atom is -0.495 e. The fourth-order valence-corrected chi connectivity index (χ4v) is 3.44. The van der Waals surface area contributed by atoms with Crippen LogP contribution in [0.2, 0.25) is 0 Å². The normalized spacial score (nSPS) is 12.3. The molecule has 0 heterocycles. The van der Waals surface area contributed by atoms with Crippen LogP contribution in [0.4, 0.5) is 0 Å². The molecule has 1 unspecified atom stereocenters. The van der Waals surface area contributed by atoms with E-state index in [0.717, 1.165) is 22.4 Å². The van der Waals surface area contributed by atoms with Crippen LogP contribution in [0.25, 0.3) is 0 Å². The smallest absolute Gasteiger partial charge is 0.141 e. The maximum absolute atomic E-state index is 5.51. The van der Waals surface area contributed by atoms with E-state index in [4.69, 9.17) is 9.47 Å². The molecule has 1 atom stereocenters. The number of hydrogen-bond acceptors (Lipinski definition) is 2. The number of rotatable bonds is 8. The van der Waals surface area contributed by atoms with Gasteiger partial charge in [0, 0.05) is 10.4 Å². The summed E-state index contributed by atoms with van der Waals surface area (Å²) in [5.74, 6) is 1.66. The fourth-order valence-electron chi connectivity index (χ4n) is 2.07. The monoisotopic (exact) mass is 392 g/mol. The number of ether oxygens (including phenoxy) is 2. The van der Waals surface area contributed by atoms with Gasteiger partial charge in [-0.1, -0.05) is 54.6 Å². The van der Waals surface area contributed by atoms with Gasteiger partial charge >= 0.3 is 0 Å². The fraction of sp³-hybridized carbons (Fsp3) is 0.600. The Morgan fingerprint density at radius 1 is 1.11 bits per heavy atom. The van der Waals surface area contributed by atoms with Gasteiger partial charge in [-0.15, -0.1) is 0 Å². The van der Waals surface area contributed by atoms with E-state index in [1.54, 1.807) is 14.2 Å². The van der Waals surface area contributed by atoms with Crippen molar-refractivity contribution in [3.63, 3.8) is 0 Å². The van der Waals surface area contributed by atoms with E-state index in [1.165, 1.54) is 31.2 Å². The highest BCUT2D eigenvalue weighted by Crippen LogP contribution is 2.43. The Balaban J connectivity index is 2.78. The standard InChI is InChI=1S/C15H22Br2O2/c1-4-5-6-7-8-12(16)11-9-10-13(18-2)14(17)15(11)19-3/h9-10,12H,4-8H2,1-3H3. The number of methoxy groups -OCH3 is 2. The molecule has 19 heavy (non-hydrogen) atoms. The molecular formula is C15H22Br2O2. The second-order valence-electron chi connectivity index (χ2n) is 4.52. The zero-order valence-electron chi connectivity index (χ0n) is 11.8. The highest BCUT2D eigenvalue weighted by Gasteiger charge is 2.18. The van der Waals surface area contributed by atoms with Crippen LogP contribution < -0.4 is 9.47 Å².